The van der Waals surface area contributed by atoms with Crippen molar-refractivity contribution >= 4 is 5.82 Å². The number of piperidine rings is 1. The highest BCUT2D eigenvalue weighted by Gasteiger charge is 2.21. The minimum absolute atomic E-state index is 0.179. The molecule has 0 saturated carbocycles. The summed E-state index contributed by atoms with van der Waals surface area (Å²) in [6, 6.07) is 5.03. The standard InChI is InChI=1S/C17H29N3/c1-5-10-18-15-7-6-11-20(13-15)16-9-8-14(12-19-16)17(2,3)4/h8-9,12,15,18H,5-7,10-11,13H2,1-4H3. The van der Waals surface area contributed by atoms with Gasteiger partial charge in [-0.25, -0.2) is 4.98 Å². The second-order valence-corrected chi connectivity index (χ2v) is 6.89. The lowest BCUT2D eigenvalue weighted by Crippen LogP contribution is -2.46. The molecule has 0 amide bonds. The second kappa shape index (κ2) is 6.57. The van der Waals surface area contributed by atoms with Crippen LogP contribution in [0.4, 0.5) is 5.82 Å². The Bertz CT molecular complexity index is 405. The van der Waals surface area contributed by atoms with E-state index in [2.05, 4.69) is 55.0 Å². The Labute approximate surface area is 123 Å². The summed E-state index contributed by atoms with van der Waals surface area (Å²) < 4.78 is 0. The van der Waals surface area contributed by atoms with E-state index in [1.54, 1.807) is 0 Å². The molecule has 1 atom stereocenters. The molecule has 1 aromatic heterocycles. The zero-order chi connectivity index (χ0) is 14.6. The van der Waals surface area contributed by atoms with Crippen molar-refractivity contribution in [3.8, 4) is 0 Å². The average Bonchev–Trinajstić information content (AvgIpc) is 2.45. The van der Waals surface area contributed by atoms with Crippen LogP contribution in [0.2, 0.25) is 0 Å². The van der Waals surface area contributed by atoms with Crippen LogP contribution in [0.3, 0.4) is 0 Å². The summed E-state index contributed by atoms with van der Waals surface area (Å²) in [5, 5.41) is 3.64. The molecule has 3 heteroatoms. The Morgan fingerprint density at radius 3 is 2.75 bits per heavy atom. The monoisotopic (exact) mass is 275 g/mol. The smallest absolute Gasteiger partial charge is 0.128 e. The number of rotatable bonds is 4. The average molecular weight is 275 g/mol. The Hall–Kier alpha value is -1.09. The maximum atomic E-state index is 4.68. The van der Waals surface area contributed by atoms with E-state index in [1.165, 1.54) is 24.8 Å². The van der Waals surface area contributed by atoms with Crippen molar-refractivity contribution < 1.29 is 0 Å². The van der Waals surface area contributed by atoms with Gasteiger partial charge >= 0.3 is 0 Å². The topological polar surface area (TPSA) is 28.2 Å². The molecule has 0 aromatic carbocycles. The van der Waals surface area contributed by atoms with E-state index in [1.807, 2.05) is 6.20 Å². The Morgan fingerprint density at radius 1 is 1.35 bits per heavy atom. The van der Waals surface area contributed by atoms with Gasteiger partial charge in [0.05, 0.1) is 0 Å². The molecule has 1 N–H and O–H groups in total. The first kappa shape index (κ1) is 15.3. The summed E-state index contributed by atoms with van der Waals surface area (Å²) >= 11 is 0. The van der Waals surface area contributed by atoms with Crippen LogP contribution in [-0.2, 0) is 5.41 Å². The summed E-state index contributed by atoms with van der Waals surface area (Å²) in [6.07, 6.45) is 5.79. The zero-order valence-electron chi connectivity index (χ0n) is 13.4. The van der Waals surface area contributed by atoms with Gasteiger partial charge in [0.15, 0.2) is 0 Å². The number of hydrogen-bond acceptors (Lipinski definition) is 3. The van der Waals surface area contributed by atoms with E-state index >= 15 is 0 Å². The molecule has 2 rings (SSSR count). The molecule has 1 aromatic rings. The fourth-order valence-corrected chi connectivity index (χ4v) is 2.72. The van der Waals surface area contributed by atoms with Crippen molar-refractivity contribution in [3.05, 3.63) is 23.9 Å². The number of hydrogen-bond donors (Lipinski definition) is 1. The molecule has 20 heavy (non-hydrogen) atoms. The quantitative estimate of drug-likeness (QED) is 0.913. The van der Waals surface area contributed by atoms with E-state index in [9.17, 15) is 0 Å². The molecular formula is C17H29N3. The number of nitrogens with zero attached hydrogens (tertiary/aromatic N) is 2. The molecule has 1 fully saturated rings. The highest BCUT2D eigenvalue weighted by atomic mass is 15.2. The molecule has 1 aliphatic rings. The summed E-state index contributed by atoms with van der Waals surface area (Å²) in [5.41, 5.74) is 1.48. The van der Waals surface area contributed by atoms with Crippen LogP contribution in [0, 0.1) is 0 Å². The number of nitrogens with one attached hydrogen (secondary N) is 1. The van der Waals surface area contributed by atoms with E-state index in [4.69, 9.17) is 0 Å². The van der Waals surface area contributed by atoms with E-state index < -0.39 is 0 Å². The highest BCUT2D eigenvalue weighted by molar-refractivity contribution is 5.41. The summed E-state index contributed by atoms with van der Waals surface area (Å²) in [5.74, 6) is 1.13. The molecule has 3 nitrogen and oxygen atoms in total. The van der Waals surface area contributed by atoms with Crippen LogP contribution in [0.15, 0.2) is 18.3 Å². The van der Waals surface area contributed by atoms with E-state index in [0.29, 0.717) is 6.04 Å². The van der Waals surface area contributed by atoms with Gasteiger partial charge in [-0.1, -0.05) is 33.8 Å². The molecule has 1 unspecified atom stereocenters. The van der Waals surface area contributed by atoms with Crippen molar-refractivity contribution in [2.24, 2.45) is 0 Å². The van der Waals surface area contributed by atoms with Crippen molar-refractivity contribution in [2.75, 3.05) is 24.5 Å². The van der Waals surface area contributed by atoms with Crippen molar-refractivity contribution in [2.45, 2.75) is 58.4 Å². The van der Waals surface area contributed by atoms with E-state index in [-0.39, 0.29) is 5.41 Å². The lowest BCUT2D eigenvalue weighted by molar-refractivity contribution is 0.421. The minimum Gasteiger partial charge on any atom is -0.355 e. The van der Waals surface area contributed by atoms with Crippen LogP contribution in [-0.4, -0.2) is 30.7 Å². The number of anilines is 1. The van der Waals surface area contributed by atoms with Crippen molar-refractivity contribution in [1.29, 1.82) is 0 Å². The molecule has 0 spiro atoms. The summed E-state index contributed by atoms with van der Waals surface area (Å²) in [4.78, 5) is 7.10. The van der Waals surface area contributed by atoms with Gasteiger partial charge in [-0.05, 0) is 42.9 Å². The number of pyridine rings is 1. The van der Waals surface area contributed by atoms with Gasteiger partial charge in [0, 0.05) is 25.3 Å². The largest absolute Gasteiger partial charge is 0.355 e. The third-order valence-electron chi connectivity index (χ3n) is 4.04. The van der Waals surface area contributed by atoms with Gasteiger partial charge in [-0.3, -0.25) is 0 Å². The third kappa shape index (κ3) is 3.95. The van der Waals surface area contributed by atoms with Crippen LogP contribution in [0.1, 0.15) is 52.5 Å². The van der Waals surface area contributed by atoms with Gasteiger partial charge in [0.25, 0.3) is 0 Å². The molecular weight excluding hydrogens is 246 g/mol. The third-order valence-corrected chi connectivity index (χ3v) is 4.04. The summed E-state index contributed by atoms with van der Waals surface area (Å²) in [7, 11) is 0. The predicted octanol–water partition coefficient (Wildman–Crippen LogP) is 3.35. The second-order valence-electron chi connectivity index (χ2n) is 6.89. The highest BCUT2D eigenvalue weighted by Crippen LogP contribution is 2.24. The van der Waals surface area contributed by atoms with Gasteiger partial charge in [-0.15, -0.1) is 0 Å². The van der Waals surface area contributed by atoms with Crippen molar-refractivity contribution in [1.82, 2.24) is 10.3 Å². The first-order valence-electron chi connectivity index (χ1n) is 7.95. The van der Waals surface area contributed by atoms with E-state index in [0.717, 1.165) is 25.5 Å². The molecule has 2 heterocycles. The lowest BCUT2D eigenvalue weighted by atomic mass is 9.88. The Morgan fingerprint density at radius 2 is 2.15 bits per heavy atom. The van der Waals surface area contributed by atoms with Crippen LogP contribution >= 0.6 is 0 Å². The molecule has 112 valence electrons. The normalized spacial score (nSPS) is 20.2. The van der Waals surface area contributed by atoms with Crippen LogP contribution in [0.5, 0.6) is 0 Å². The van der Waals surface area contributed by atoms with Gasteiger partial charge in [0.2, 0.25) is 0 Å². The van der Waals surface area contributed by atoms with Gasteiger partial charge < -0.3 is 10.2 Å². The fraction of sp³-hybridized carbons (Fsp3) is 0.706. The Kier molecular flexibility index (Phi) is 5.03. The molecule has 1 aliphatic heterocycles. The number of aromatic nitrogens is 1. The maximum Gasteiger partial charge on any atom is 0.128 e. The predicted molar refractivity (Wildman–Crippen MR) is 86.5 cm³/mol. The summed E-state index contributed by atoms with van der Waals surface area (Å²) in [6.45, 7) is 12.3. The van der Waals surface area contributed by atoms with Gasteiger partial charge in [0.1, 0.15) is 5.82 Å². The van der Waals surface area contributed by atoms with Gasteiger partial charge in [-0.2, -0.15) is 0 Å². The first-order valence-corrected chi connectivity index (χ1v) is 7.95. The maximum absolute atomic E-state index is 4.68. The lowest BCUT2D eigenvalue weighted by Gasteiger charge is -2.34. The fourth-order valence-electron chi connectivity index (χ4n) is 2.72. The Balaban J connectivity index is 2.00. The molecule has 0 aliphatic carbocycles. The molecule has 1 saturated heterocycles. The van der Waals surface area contributed by atoms with Crippen LogP contribution < -0.4 is 10.2 Å². The van der Waals surface area contributed by atoms with Crippen molar-refractivity contribution in [3.63, 3.8) is 0 Å². The molecule has 0 bridgehead atoms. The van der Waals surface area contributed by atoms with Crippen LogP contribution in [0.25, 0.3) is 0 Å². The SMILES string of the molecule is CCCNC1CCCN(c2ccc(C(C)(C)C)cn2)C1. The minimum atomic E-state index is 0.179. The molecule has 0 radical (unpaired) electrons. The first-order chi connectivity index (χ1) is 9.50. The zero-order valence-corrected chi connectivity index (χ0v) is 13.4.